The van der Waals surface area contributed by atoms with Gasteiger partial charge in [0.2, 0.25) is 0 Å². The molecular formula is C52H45N3O5S. The van der Waals surface area contributed by atoms with Crippen LogP contribution < -0.4 is 19.3 Å². The molecule has 0 saturated carbocycles. The number of carbonyl (C=O) groups is 2. The first-order chi connectivity index (χ1) is 30.0. The summed E-state index contributed by atoms with van der Waals surface area (Å²) < 4.78 is 12.8. The number of fused-ring (bicyclic) bond motifs is 1. The molecule has 0 atom stereocenters. The fourth-order valence-corrected chi connectivity index (χ4v) is 8.13. The van der Waals surface area contributed by atoms with Crippen LogP contribution in [0.4, 0.5) is 34.1 Å². The van der Waals surface area contributed by atoms with Crippen LogP contribution in [0.3, 0.4) is 0 Å². The van der Waals surface area contributed by atoms with E-state index >= 15 is 0 Å². The summed E-state index contributed by atoms with van der Waals surface area (Å²) in [5, 5.41) is 10.5. The van der Waals surface area contributed by atoms with E-state index in [1.54, 1.807) is 23.5 Å². The molecule has 0 aliphatic rings. The Balaban J connectivity index is 0.801. The molecule has 8 nitrogen and oxygen atoms in total. The summed E-state index contributed by atoms with van der Waals surface area (Å²) in [7, 11) is 0. The number of para-hydroxylation sites is 2. The van der Waals surface area contributed by atoms with E-state index in [2.05, 4.69) is 64.4 Å². The summed E-state index contributed by atoms with van der Waals surface area (Å²) >= 11 is 1.63. The number of carbonyl (C=O) groups excluding carboxylic acids is 2. The molecule has 0 amide bonds. The molecule has 0 spiro atoms. The number of nitrogens with zero attached hydrogens (tertiary/aromatic N) is 3. The summed E-state index contributed by atoms with van der Waals surface area (Å²) in [5.41, 5.74) is 9.25. The van der Waals surface area contributed by atoms with Gasteiger partial charge in [-0.1, -0.05) is 61.4 Å². The average molecular weight is 824 g/mol. The van der Waals surface area contributed by atoms with Gasteiger partial charge in [-0.15, -0.1) is 11.3 Å². The minimum atomic E-state index is -0.227. The predicted octanol–water partition coefficient (Wildman–Crippen LogP) is 13.1. The maximum atomic E-state index is 12.7. The molecule has 7 aromatic carbocycles. The Morgan fingerprint density at radius 1 is 0.590 bits per heavy atom. The van der Waals surface area contributed by atoms with Crippen LogP contribution in [0.2, 0.25) is 0 Å². The van der Waals surface area contributed by atoms with Gasteiger partial charge in [0, 0.05) is 51.7 Å². The lowest BCUT2D eigenvalue weighted by Gasteiger charge is -2.26. The molecule has 1 N–H and O–H groups in total. The minimum absolute atomic E-state index is 0.0238. The van der Waals surface area contributed by atoms with E-state index in [0.717, 1.165) is 98.2 Å². The summed E-state index contributed by atoms with van der Waals surface area (Å²) in [4.78, 5) is 33.2. The zero-order valence-electron chi connectivity index (χ0n) is 33.6. The number of hydrogen-bond donors (Lipinski definition) is 1. The van der Waals surface area contributed by atoms with Crippen molar-refractivity contribution in [3.63, 3.8) is 0 Å². The number of ether oxygens (including phenoxy) is 2. The zero-order chi connectivity index (χ0) is 41.8. The van der Waals surface area contributed by atoms with Gasteiger partial charge in [-0.3, -0.25) is 9.59 Å². The highest BCUT2D eigenvalue weighted by atomic mass is 32.1. The third-order valence-corrected chi connectivity index (χ3v) is 11.4. The minimum Gasteiger partial charge on any atom is -0.494 e. The first-order valence-electron chi connectivity index (χ1n) is 20.4. The van der Waals surface area contributed by atoms with Crippen molar-refractivity contribution in [1.82, 2.24) is 4.98 Å². The van der Waals surface area contributed by atoms with Crippen LogP contribution in [0.5, 0.6) is 11.5 Å². The number of hydrogen-bond acceptors (Lipinski definition) is 9. The lowest BCUT2D eigenvalue weighted by atomic mass is 10.1. The molecule has 0 aliphatic carbocycles. The van der Waals surface area contributed by atoms with Crippen LogP contribution in [-0.2, 0) is 11.4 Å². The Bertz CT molecular complexity index is 2610. The number of benzene rings is 7. The number of anilines is 6. The summed E-state index contributed by atoms with van der Waals surface area (Å²) in [6, 6.07) is 57.6. The Kier molecular flexibility index (Phi) is 13.2. The lowest BCUT2D eigenvalue weighted by Crippen LogP contribution is -2.10. The molecule has 304 valence electrons. The molecule has 0 saturated heterocycles. The van der Waals surface area contributed by atoms with Crippen LogP contribution in [-0.4, -0.2) is 29.0 Å². The topological polar surface area (TPSA) is 92.2 Å². The standard InChI is InChI=1S/C52H45N3O5S/c56-36-38-16-22-43(23-17-38)55(44-24-18-39(37-57)19-25-44)45-26-20-40(21-27-45)52-53-49-33-32-48(35-50(49)61-52)59-34-10-2-1-9-15-51(58)60-47-30-28-46(29-31-47)54(41-11-5-3-6-12-41)42-13-7-4-8-14-42/h3-8,11-14,16-33,35-36,57H,1-2,9-10,15,34,37H2. The Hall–Kier alpha value is -7.07. The van der Waals surface area contributed by atoms with E-state index in [9.17, 15) is 14.7 Å². The zero-order valence-corrected chi connectivity index (χ0v) is 34.4. The van der Waals surface area contributed by atoms with Gasteiger partial charge in [-0.05, 0) is 146 Å². The van der Waals surface area contributed by atoms with Gasteiger partial charge in [0.05, 0.1) is 23.4 Å². The van der Waals surface area contributed by atoms with Crippen molar-refractivity contribution in [2.45, 2.75) is 38.7 Å². The van der Waals surface area contributed by atoms with Crippen molar-refractivity contribution in [1.29, 1.82) is 0 Å². The summed E-state index contributed by atoms with van der Waals surface area (Å²) in [6.07, 6.45) is 4.72. The molecule has 8 aromatic rings. The molecule has 1 heterocycles. The monoisotopic (exact) mass is 823 g/mol. The third-order valence-electron chi connectivity index (χ3n) is 10.3. The van der Waals surface area contributed by atoms with E-state index in [4.69, 9.17) is 14.5 Å². The highest BCUT2D eigenvalue weighted by Crippen LogP contribution is 2.38. The van der Waals surface area contributed by atoms with Crippen LogP contribution in [0.1, 0.15) is 48.0 Å². The molecule has 0 bridgehead atoms. The second kappa shape index (κ2) is 19.8. The molecular weight excluding hydrogens is 779 g/mol. The molecule has 0 aliphatic heterocycles. The van der Waals surface area contributed by atoms with Gasteiger partial charge < -0.3 is 24.4 Å². The molecule has 0 unspecified atom stereocenters. The normalized spacial score (nSPS) is 11.0. The van der Waals surface area contributed by atoms with Gasteiger partial charge >= 0.3 is 5.97 Å². The van der Waals surface area contributed by atoms with E-state index in [0.29, 0.717) is 24.3 Å². The van der Waals surface area contributed by atoms with Crippen molar-refractivity contribution in [3.05, 3.63) is 187 Å². The molecule has 1 aromatic heterocycles. The number of rotatable bonds is 18. The number of unbranched alkanes of at least 4 members (excludes halogenated alkanes) is 3. The van der Waals surface area contributed by atoms with E-state index in [1.165, 1.54) is 0 Å². The third kappa shape index (κ3) is 10.2. The number of esters is 1. The Morgan fingerprint density at radius 3 is 1.70 bits per heavy atom. The fraction of sp³-hybridized carbons (Fsp3) is 0.135. The molecule has 8 rings (SSSR count). The van der Waals surface area contributed by atoms with Gasteiger partial charge in [0.25, 0.3) is 0 Å². The van der Waals surface area contributed by atoms with Gasteiger partial charge in [-0.25, -0.2) is 4.98 Å². The van der Waals surface area contributed by atoms with E-state index in [-0.39, 0.29) is 12.6 Å². The quantitative estimate of drug-likeness (QED) is 0.0396. The molecule has 61 heavy (non-hydrogen) atoms. The largest absolute Gasteiger partial charge is 0.494 e. The maximum Gasteiger partial charge on any atom is 0.311 e. The number of aliphatic hydroxyl groups excluding tert-OH is 1. The van der Waals surface area contributed by atoms with Crippen molar-refractivity contribution in [2.24, 2.45) is 0 Å². The predicted molar refractivity (Wildman–Crippen MR) is 246 cm³/mol. The van der Waals surface area contributed by atoms with Crippen molar-refractivity contribution < 1.29 is 24.2 Å². The second-order valence-electron chi connectivity index (χ2n) is 14.6. The smallest absolute Gasteiger partial charge is 0.311 e. The van der Waals surface area contributed by atoms with E-state index < -0.39 is 0 Å². The number of aliphatic hydroxyl groups is 1. The highest BCUT2D eigenvalue weighted by molar-refractivity contribution is 7.21. The summed E-state index contributed by atoms with van der Waals surface area (Å²) in [5.74, 6) is 1.12. The Labute approximate surface area is 359 Å². The van der Waals surface area contributed by atoms with Crippen LogP contribution >= 0.6 is 11.3 Å². The average Bonchev–Trinajstić information content (AvgIpc) is 3.75. The van der Waals surface area contributed by atoms with Gasteiger partial charge in [0.15, 0.2) is 0 Å². The van der Waals surface area contributed by atoms with Crippen molar-refractivity contribution in [2.75, 3.05) is 16.4 Å². The van der Waals surface area contributed by atoms with Crippen molar-refractivity contribution >= 4 is 67.9 Å². The SMILES string of the molecule is O=Cc1ccc(N(c2ccc(CO)cc2)c2ccc(-c3nc4ccc(OCCCCCCC(=O)Oc5ccc(N(c6ccccc6)c6ccccc6)cc5)cc4s3)cc2)cc1. The number of aromatic nitrogens is 1. The molecule has 9 heteroatoms. The van der Waals surface area contributed by atoms with Crippen LogP contribution in [0.25, 0.3) is 20.8 Å². The fourth-order valence-electron chi connectivity index (χ4n) is 7.13. The van der Waals surface area contributed by atoms with E-state index in [1.807, 2.05) is 109 Å². The Morgan fingerprint density at radius 2 is 1.11 bits per heavy atom. The number of aldehydes is 1. The molecule has 0 fully saturated rings. The molecule has 0 radical (unpaired) electrons. The van der Waals surface area contributed by atoms with Gasteiger partial charge in [0.1, 0.15) is 22.8 Å². The first-order valence-corrected chi connectivity index (χ1v) is 21.3. The number of thiazole rings is 1. The lowest BCUT2D eigenvalue weighted by molar-refractivity contribution is -0.134. The first kappa shape index (κ1) is 40.7. The van der Waals surface area contributed by atoms with Crippen LogP contribution in [0.15, 0.2) is 176 Å². The van der Waals surface area contributed by atoms with Crippen LogP contribution in [0, 0.1) is 0 Å². The summed E-state index contributed by atoms with van der Waals surface area (Å²) in [6.45, 7) is 0.569. The second-order valence-corrected chi connectivity index (χ2v) is 15.6. The highest BCUT2D eigenvalue weighted by Gasteiger charge is 2.16. The van der Waals surface area contributed by atoms with Gasteiger partial charge in [-0.2, -0.15) is 0 Å². The maximum absolute atomic E-state index is 12.7. The van der Waals surface area contributed by atoms with Crippen molar-refractivity contribution in [3.8, 4) is 22.1 Å².